The van der Waals surface area contributed by atoms with Crippen LogP contribution in [0.5, 0.6) is 0 Å². The van der Waals surface area contributed by atoms with Gasteiger partial charge >= 0.3 is 5.97 Å². The number of carboxylic acid groups (broad SMARTS) is 1. The molecule has 3 nitrogen and oxygen atoms in total. The molecule has 18 heavy (non-hydrogen) atoms. The fraction of sp³-hybridized carbons (Fsp3) is 0.214. The van der Waals surface area contributed by atoms with Gasteiger partial charge in [-0.25, -0.2) is 4.79 Å². The molecule has 0 aliphatic heterocycles. The minimum atomic E-state index is -0.843. The first-order valence-electron chi connectivity index (χ1n) is 5.82. The summed E-state index contributed by atoms with van der Waals surface area (Å²) in [4.78, 5) is 13.7. The number of hydrogen-bond acceptors (Lipinski definition) is 3. The number of thiophene rings is 1. The van der Waals surface area contributed by atoms with Gasteiger partial charge in [0.25, 0.3) is 0 Å². The van der Waals surface area contributed by atoms with Gasteiger partial charge in [0.2, 0.25) is 0 Å². The van der Waals surface area contributed by atoms with Crippen LogP contribution in [-0.2, 0) is 6.54 Å². The van der Waals surface area contributed by atoms with E-state index in [0.717, 1.165) is 17.8 Å². The number of para-hydroxylation sites is 1. The van der Waals surface area contributed by atoms with E-state index in [1.807, 2.05) is 41.8 Å². The molecule has 0 amide bonds. The smallest absolute Gasteiger partial charge is 0.346 e. The van der Waals surface area contributed by atoms with Crippen molar-refractivity contribution in [3.63, 3.8) is 0 Å². The van der Waals surface area contributed by atoms with Crippen LogP contribution in [0.4, 0.5) is 5.69 Å². The highest BCUT2D eigenvalue weighted by molar-refractivity contribution is 7.12. The molecule has 0 bridgehead atoms. The molecule has 0 spiro atoms. The molecule has 94 valence electrons. The number of carbonyl (C=O) groups is 1. The van der Waals surface area contributed by atoms with Crippen molar-refractivity contribution in [2.75, 3.05) is 11.4 Å². The zero-order valence-corrected chi connectivity index (χ0v) is 11.0. The highest BCUT2D eigenvalue weighted by Crippen LogP contribution is 2.22. The van der Waals surface area contributed by atoms with Crippen molar-refractivity contribution in [3.8, 4) is 0 Å². The van der Waals surface area contributed by atoms with Crippen LogP contribution in [0, 0.1) is 0 Å². The summed E-state index contributed by atoms with van der Waals surface area (Å²) >= 11 is 1.28. The topological polar surface area (TPSA) is 40.5 Å². The summed E-state index contributed by atoms with van der Waals surface area (Å²) < 4.78 is 0. The zero-order valence-electron chi connectivity index (χ0n) is 10.2. The number of aromatic carboxylic acids is 1. The fourth-order valence-electron chi connectivity index (χ4n) is 1.88. The molecule has 2 rings (SSSR count). The molecule has 1 N–H and O–H groups in total. The molecule has 0 unspecified atom stereocenters. The van der Waals surface area contributed by atoms with Gasteiger partial charge in [0.1, 0.15) is 4.88 Å². The Balaban J connectivity index is 2.21. The van der Waals surface area contributed by atoms with Gasteiger partial charge in [-0.05, 0) is 36.1 Å². The van der Waals surface area contributed by atoms with E-state index in [0.29, 0.717) is 11.4 Å². The second-order valence-corrected chi connectivity index (χ2v) is 4.85. The molecule has 1 aromatic heterocycles. The molecule has 1 heterocycles. The molecule has 0 radical (unpaired) electrons. The third-order valence-corrected chi connectivity index (χ3v) is 3.75. The number of rotatable bonds is 5. The van der Waals surface area contributed by atoms with Crippen molar-refractivity contribution >= 4 is 23.0 Å². The number of carboxylic acids is 1. The van der Waals surface area contributed by atoms with Crippen LogP contribution in [0.3, 0.4) is 0 Å². The van der Waals surface area contributed by atoms with E-state index < -0.39 is 5.97 Å². The zero-order chi connectivity index (χ0) is 13.0. The van der Waals surface area contributed by atoms with E-state index in [4.69, 9.17) is 5.11 Å². The molecular formula is C14H15NO2S. The molecule has 2 aromatic rings. The van der Waals surface area contributed by atoms with E-state index in [-0.39, 0.29) is 0 Å². The van der Waals surface area contributed by atoms with E-state index in [1.165, 1.54) is 11.3 Å². The molecule has 1 aromatic carbocycles. The number of hydrogen-bond donors (Lipinski definition) is 1. The van der Waals surface area contributed by atoms with Gasteiger partial charge in [0, 0.05) is 18.8 Å². The Bertz CT molecular complexity index is 522. The average Bonchev–Trinajstić information content (AvgIpc) is 2.85. The number of anilines is 1. The maximum atomic E-state index is 11.1. The Morgan fingerprint density at radius 3 is 2.61 bits per heavy atom. The van der Waals surface area contributed by atoms with Crippen molar-refractivity contribution < 1.29 is 9.90 Å². The van der Waals surface area contributed by atoms with Gasteiger partial charge in [0.05, 0.1) is 0 Å². The highest BCUT2D eigenvalue weighted by atomic mass is 32.1. The largest absolute Gasteiger partial charge is 0.477 e. The molecular weight excluding hydrogens is 246 g/mol. The van der Waals surface area contributed by atoms with Gasteiger partial charge in [-0.1, -0.05) is 18.2 Å². The van der Waals surface area contributed by atoms with Crippen LogP contribution in [0.1, 0.15) is 22.2 Å². The first kappa shape index (κ1) is 12.6. The van der Waals surface area contributed by atoms with Gasteiger partial charge in [0.15, 0.2) is 0 Å². The standard InChI is InChI=1S/C14H15NO2S/c1-2-15(12-6-4-3-5-7-12)10-11-8-9-18-13(11)14(16)17/h3-9H,2,10H2,1H3,(H,16,17). The molecule has 0 aliphatic carbocycles. The van der Waals surface area contributed by atoms with E-state index in [2.05, 4.69) is 11.8 Å². The van der Waals surface area contributed by atoms with Crippen molar-refractivity contribution in [2.45, 2.75) is 13.5 Å². The Labute approximate surface area is 110 Å². The summed E-state index contributed by atoms with van der Waals surface area (Å²) in [6.45, 7) is 3.55. The highest BCUT2D eigenvalue weighted by Gasteiger charge is 2.14. The summed E-state index contributed by atoms with van der Waals surface area (Å²) in [5, 5.41) is 10.9. The number of benzene rings is 1. The average molecular weight is 261 g/mol. The normalized spacial score (nSPS) is 10.3. The molecule has 0 saturated carbocycles. The van der Waals surface area contributed by atoms with Crippen molar-refractivity contribution in [1.82, 2.24) is 0 Å². The van der Waals surface area contributed by atoms with E-state index >= 15 is 0 Å². The Morgan fingerprint density at radius 1 is 1.28 bits per heavy atom. The third kappa shape index (κ3) is 2.71. The summed E-state index contributed by atoms with van der Waals surface area (Å²) in [5.41, 5.74) is 1.99. The van der Waals surface area contributed by atoms with Crippen LogP contribution in [0.2, 0.25) is 0 Å². The van der Waals surface area contributed by atoms with Gasteiger partial charge in [-0.15, -0.1) is 11.3 Å². The summed E-state index contributed by atoms with van der Waals surface area (Å²) in [5.74, 6) is -0.843. The molecule has 0 fully saturated rings. The van der Waals surface area contributed by atoms with Crippen molar-refractivity contribution in [2.24, 2.45) is 0 Å². The Morgan fingerprint density at radius 2 is 2.00 bits per heavy atom. The minimum Gasteiger partial charge on any atom is -0.477 e. The van der Waals surface area contributed by atoms with Crippen molar-refractivity contribution in [1.29, 1.82) is 0 Å². The predicted molar refractivity (Wildman–Crippen MR) is 74.4 cm³/mol. The third-order valence-electron chi connectivity index (χ3n) is 2.81. The molecule has 0 atom stereocenters. The van der Waals surface area contributed by atoms with E-state index in [1.54, 1.807) is 0 Å². The van der Waals surface area contributed by atoms with Gasteiger partial charge in [-0.2, -0.15) is 0 Å². The Kier molecular flexibility index (Phi) is 3.99. The minimum absolute atomic E-state index is 0.435. The van der Waals surface area contributed by atoms with Crippen molar-refractivity contribution in [3.05, 3.63) is 52.2 Å². The second-order valence-electron chi connectivity index (χ2n) is 3.93. The lowest BCUT2D eigenvalue weighted by Gasteiger charge is -2.22. The molecule has 0 aliphatic rings. The lowest BCUT2D eigenvalue weighted by atomic mass is 10.2. The molecule has 4 heteroatoms. The first-order chi connectivity index (χ1) is 8.72. The Hall–Kier alpha value is -1.81. The first-order valence-corrected chi connectivity index (χ1v) is 6.70. The number of nitrogens with zero attached hydrogens (tertiary/aromatic N) is 1. The summed E-state index contributed by atoms with van der Waals surface area (Å²) in [6, 6.07) is 11.9. The quantitative estimate of drug-likeness (QED) is 0.896. The van der Waals surface area contributed by atoms with Gasteiger partial charge < -0.3 is 10.0 Å². The second kappa shape index (κ2) is 5.69. The predicted octanol–water partition coefficient (Wildman–Crippen LogP) is 3.47. The summed E-state index contributed by atoms with van der Waals surface area (Å²) in [6.07, 6.45) is 0. The maximum absolute atomic E-state index is 11.1. The summed E-state index contributed by atoms with van der Waals surface area (Å²) in [7, 11) is 0. The fourth-order valence-corrected chi connectivity index (χ4v) is 2.63. The van der Waals surface area contributed by atoms with Crippen LogP contribution in [0.25, 0.3) is 0 Å². The van der Waals surface area contributed by atoms with Gasteiger partial charge in [-0.3, -0.25) is 0 Å². The van der Waals surface area contributed by atoms with Crippen LogP contribution in [-0.4, -0.2) is 17.6 Å². The SMILES string of the molecule is CCN(Cc1ccsc1C(=O)O)c1ccccc1. The lowest BCUT2D eigenvalue weighted by molar-refractivity contribution is 0.0701. The lowest BCUT2D eigenvalue weighted by Crippen LogP contribution is -2.22. The van der Waals surface area contributed by atoms with E-state index in [9.17, 15) is 4.79 Å². The monoisotopic (exact) mass is 261 g/mol. The maximum Gasteiger partial charge on any atom is 0.346 e. The van der Waals surface area contributed by atoms with Crippen LogP contribution in [0.15, 0.2) is 41.8 Å². The molecule has 0 saturated heterocycles. The van der Waals surface area contributed by atoms with Crippen LogP contribution >= 0.6 is 11.3 Å². The van der Waals surface area contributed by atoms with Crippen LogP contribution < -0.4 is 4.90 Å².